The molecule has 0 saturated heterocycles. The second-order valence-electron chi connectivity index (χ2n) is 6.65. The molecule has 6 heteroatoms. The summed E-state index contributed by atoms with van der Waals surface area (Å²) in [5.74, 6) is 0. The summed E-state index contributed by atoms with van der Waals surface area (Å²) >= 11 is 1.65. The molecule has 4 rings (SSSR count). The zero-order chi connectivity index (χ0) is 19.7. The topological polar surface area (TPSA) is 62.4 Å². The van der Waals surface area contributed by atoms with Crippen LogP contribution in [0.15, 0.2) is 48.5 Å². The maximum absolute atomic E-state index is 12.5. The molecule has 0 saturated carbocycles. The van der Waals surface area contributed by atoms with Crippen LogP contribution >= 0.6 is 11.3 Å². The minimum atomic E-state index is -0.178. The molecule has 0 bridgehead atoms. The van der Waals surface area contributed by atoms with Crippen LogP contribution < -0.4 is 15.0 Å². The van der Waals surface area contributed by atoms with Gasteiger partial charge in [-0.1, -0.05) is 18.2 Å². The van der Waals surface area contributed by atoms with Crippen molar-refractivity contribution in [3.63, 3.8) is 0 Å². The van der Waals surface area contributed by atoms with Gasteiger partial charge in [0.1, 0.15) is 6.61 Å². The first-order chi connectivity index (χ1) is 13.7. The molecule has 1 heterocycles. The SMILES string of the molecule is CCN(CC)c1ccc2nc3c4ccccc4/c(=[N+](/[O-])CCO)cc-3sc2c1. The molecule has 144 valence electrons. The van der Waals surface area contributed by atoms with E-state index in [2.05, 4.69) is 36.9 Å². The lowest BCUT2D eigenvalue weighted by Gasteiger charge is -2.21. The third-order valence-electron chi connectivity index (χ3n) is 5.06. The van der Waals surface area contributed by atoms with Crippen LogP contribution in [-0.4, -0.2) is 36.3 Å². The highest BCUT2D eigenvalue weighted by Crippen LogP contribution is 2.35. The molecule has 0 atom stereocenters. The van der Waals surface area contributed by atoms with Crippen molar-refractivity contribution in [2.24, 2.45) is 0 Å². The van der Waals surface area contributed by atoms with E-state index in [1.54, 1.807) is 11.3 Å². The van der Waals surface area contributed by atoms with Crippen LogP contribution in [0.4, 0.5) is 5.69 Å². The Morgan fingerprint density at radius 1 is 1.07 bits per heavy atom. The normalized spacial score (nSPS) is 12.7. The number of rotatable bonds is 5. The van der Waals surface area contributed by atoms with Crippen molar-refractivity contribution < 1.29 is 5.11 Å². The van der Waals surface area contributed by atoms with Crippen molar-refractivity contribution in [1.82, 2.24) is 9.72 Å². The van der Waals surface area contributed by atoms with Gasteiger partial charge in [-0.25, -0.2) is 9.72 Å². The number of aromatic nitrogens is 1. The van der Waals surface area contributed by atoms with Gasteiger partial charge in [0.25, 0.3) is 0 Å². The molecule has 28 heavy (non-hydrogen) atoms. The summed E-state index contributed by atoms with van der Waals surface area (Å²) in [6.07, 6.45) is 0. The summed E-state index contributed by atoms with van der Waals surface area (Å²) < 4.78 is 1.96. The summed E-state index contributed by atoms with van der Waals surface area (Å²) in [6, 6.07) is 16.1. The molecule has 1 N–H and O–H groups in total. The Morgan fingerprint density at radius 2 is 1.82 bits per heavy atom. The van der Waals surface area contributed by atoms with E-state index >= 15 is 0 Å². The van der Waals surface area contributed by atoms with Gasteiger partial charge in [0.05, 0.1) is 26.2 Å². The van der Waals surface area contributed by atoms with Gasteiger partial charge in [0.15, 0.2) is 6.54 Å². The quantitative estimate of drug-likeness (QED) is 0.243. The highest BCUT2D eigenvalue weighted by Gasteiger charge is 2.16. The largest absolute Gasteiger partial charge is 0.623 e. The van der Waals surface area contributed by atoms with E-state index < -0.39 is 0 Å². The average Bonchev–Trinajstić information content (AvgIpc) is 2.73. The Labute approximate surface area is 167 Å². The Morgan fingerprint density at radius 3 is 2.54 bits per heavy atom. The second kappa shape index (κ2) is 7.73. The molecule has 0 fully saturated rings. The molecule has 5 nitrogen and oxygen atoms in total. The number of anilines is 1. The molecular formula is C22H23N3O2S. The Hall–Kier alpha value is -2.70. The van der Waals surface area contributed by atoms with Gasteiger partial charge >= 0.3 is 0 Å². The standard InChI is InChI=1S/C22H23N3O2S/c1-3-24(4-2)15-9-10-18-20(13-15)28-21-14-19(25(27)11-12-26)16-7-5-6-8-17(16)22(21)23-18/h5-10,13-14,26H,3-4,11-12H2,1-2H3/b25-19+. The van der Waals surface area contributed by atoms with Gasteiger partial charge in [-0.15, -0.1) is 11.3 Å². The fourth-order valence-electron chi connectivity index (χ4n) is 3.63. The van der Waals surface area contributed by atoms with E-state index in [9.17, 15) is 10.3 Å². The van der Waals surface area contributed by atoms with Crippen molar-refractivity contribution in [3.05, 3.63) is 59.1 Å². The van der Waals surface area contributed by atoms with Crippen molar-refractivity contribution in [2.75, 3.05) is 31.1 Å². The number of benzene rings is 3. The predicted molar refractivity (Wildman–Crippen MR) is 118 cm³/mol. The maximum Gasteiger partial charge on any atom is 0.220 e. The minimum Gasteiger partial charge on any atom is -0.623 e. The molecule has 0 aromatic heterocycles. The molecular weight excluding hydrogens is 370 g/mol. The molecule has 1 aliphatic carbocycles. The summed E-state index contributed by atoms with van der Waals surface area (Å²) in [5.41, 5.74) is 3.05. The summed E-state index contributed by atoms with van der Waals surface area (Å²) in [7, 11) is 0. The fourth-order valence-corrected chi connectivity index (χ4v) is 4.69. The first kappa shape index (κ1) is 18.7. The maximum atomic E-state index is 12.5. The van der Waals surface area contributed by atoms with Crippen molar-refractivity contribution in [1.29, 1.82) is 0 Å². The predicted octanol–water partition coefficient (Wildman–Crippen LogP) is 3.66. The van der Waals surface area contributed by atoms with Crippen LogP contribution in [0.5, 0.6) is 0 Å². The summed E-state index contributed by atoms with van der Waals surface area (Å²) in [5, 5.41) is 24.1. The first-order valence-corrected chi connectivity index (χ1v) is 10.4. The molecule has 0 amide bonds. The first-order valence-electron chi connectivity index (χ1n) is 9.56. The van der Waals surface area contributed by atoms with Gasteiger partial charge in [0, 0.05) is 30.2 Å². The highest BCUT2D eigenvalue weighted by atomic mass is 32.1. The number of hydrogen-bond acceptors (Lipinski definition) is 5. The fraction of sp³-hybridized carbons (Fsp3) is 0.273. The third-order valence-corrected chi connectivity index (χ3v) is 6.13. The van der Waals surface area contributed by atoms with Crippen molar-refractivity contribution in [3.8, 4) is 10.6 Å². The van der Waals surface area contributed by atoms with E-state index in [-0.39, 0.29) is 13.2 Å². The number of aliphatic hydroxyl groups excluding tert-OH is 1. The third kappa shape index (κ3) is 3.19. The zero-order valence-electron chi connectivity index (χ0n) is 16.1. The average molecular weight is 394 g/mol. The Bertz CT molecular complexity index is 1180. The van der Waals surface area contributed by atoms with E-state index in [1.165, 1.54) is 5.69 Å². The molecule has 0 spiro atoms. The molecule has 2 aliphatic rings. The van der Waals surface area contributed by atoms with Crippen LogP contribution in [-0.2, 0) is 0 Å². The van der Waals surface area contributed by atoms with Crippen LogP contribution in [0.3, 0.4) is 0 Å². The van der Waals surface area contributed by atoms with E-state index in [0.29, 0.717) is 5.36 Å². The monoisotopic (exact) mass is 393 g/mol. The highest BCUT2D eigenvalue weighted by molar-refractivity contribution is 7.21. The van der Waals surface area contributed by atoms with Gasteiger partial charge in [-0.05, 0) is 38.1 Å². The van der Waals surface area contributed by atoms with E-state index in [1.807, 2.05) is 30.3 Å². The number of nitrogens with zero attached hydrogens (tertiary/aromatic N) is 3. The lowest BCUT2D eigenvalue weighted by molar-refractivity contribution is 0.291. The molecule has 0 radical (unpaired) electrons. The van der Waals surface area contributed by atoms with E-state index in [4.69, 9.17) is 4.98 Å². The van der Waals surface area contributed by atoms with Gasteiger partial charge in [-0.3, -0.25) is 0 Å². The van der Waals surface area contributed by atoms with Gasteiger partial charge in [0.2, 0.25) is 5.36 Å². The number of hydroxylamine groups is 1. The number of hydrogen-bond donors (Lipinski definition) is 1. The van der Waals surface area contributed by atoms with Crippen molar-refractivity contribution >= 4 is 38.0 Å². The lowest BCUT2D eigenvalue weighted by atomic mass is 10.1. The van der Waals surface area contributed by atoms with Gasteiger partial charge in [-0.2, -0.15) is 0 Å². The number of aliphatic hydroxyl groups is 1. The van der Waals surface area contributed by atoms with Crippen molar-refractivity contribution in [2.45, 2.75) is 13.8 Å². The molecule has 0 unspecified atom stereocenters. The Balaban J connectivity index is 2.05. The molecule has 2 aromatic rings. The van der Waals surface area contributed by atoms with E-state index in [0.717, 1.165) is 49.4 Å². The summed E-state index contributed by atoms with van der Waals surface area (Å²) in [6.45, 7) is 6.08. The molecule has 2 aromatic carbocycles. The second-order valence-corrected chi connectivity index (χ2v) is 7.74. The van der Waals surface area contributed by atoms with Crippen LogP contribution in [0.25, 0.3) is 31.6 Å². The van der Waals surface area contributed by atoms with Crippen LogP contribution in [0, 0.1) is 5.21 Å². The Kier molecular flexibility index (Phi) is 5.15. The molecule has 1 aliphatic heterocycles. The smallest absolute Gasteiger partial charge is 0.220 e. The zero-order valence-corrected chi connectivity index (χ0v) is 16.9. The van der Waals surface area contributed by atoms with Crippen LogP contribution in [0.1, 0.15) is 13.8 Å². The summed E-state index contributed by atoms with van der Waals surface area (Å²) in [4.78, 5) is 8.20. The van der Waals surface area contributed by atoms with Gasteiger partial charge < -0.3 is 15.2 Å². The minimum absolute atomic E-state index is 0.0489. The number of fused-ring (bicyclic) bond motifs is 4. The lowest BCUT2D eigenvalue weighted by Crippen LogP contribution is -2.28. The van der Waals surface area contributed by atoms with Crippen LogP contribution in [0.2, 0.25) is 0 Å².